The minimum Gasteiger partial charge on any atom is -0.493 e. The molecule has 0 fully saturated rings. The summed E-state index contributed by atoms with van der Waals surface area (Å²) < 4.78 is 5.86. The van der Waals surface area contributed by atoms with Crippen molar-refractivity contribution in [3.05, 3.63) is 65.2 Å². The molecule has 0 atom stereocenters. The lowest BCUT2D eigenvalue weighted by Gasteiger charge is -2.13. The van der Waals surface area contributed by atoms with E-state index >= 15 is 0 Å². The number of benzene rings is 2. The van der Waals surface area contributed by atoms with Crippen molar-refractivity contribution >= 4 is 0 Å². The highest BCUT2D eigenvalue weighted by atomic mass is 16.5. The number of hydrogen-bond donors (Lipinski definition) is 1. The predicted octanol–water partition coefficient (Wildman–Crippen LogP) is 3.88. The number of para-hydroxylation sites is 1. The van der Waals surface area contributed by atoms with Gasteiger partial charge < -0.3 is 10.1 Å². The van der Waals surface area contributed by atoms with Crippen molar-refractivity contribution < 1.29 is 4.74 Å². The van der Waals surface area contributed by atoms with Crippen LogP contribution in [0.3, 0.4) is 0 Å². The lowest BCUT2D eigenvalue weighted by molar-refractivity contribution is 0.268. The topological polar surface area (TPSA) is 45.0 Å². The van der Waals surface area contributed by atoms with E-state index in [-0.39, 0.29) is 0 Å². The lowest BCUT2D eigenvalue weighted by atomic mass is 10.1. The maximum atomic E-state index is 8.79. The summed E-state index contributed by atoms with van der Waals surface area (Å²) >= 11 is 0. The van der Waals surface area contributed by atoms with Crippen molar-refractivity contribution in [2.75, 3.05) is 6.61 Å². The molecule has 0 aliphatic heterocycles. The van der Waals surface area contributed by atoms with Gasteiger partial charge in [-0.05, 0) is 29.7 Å². The second kappa shape index (κ2) is 8.21. The largest absolute Gasteiger partial charge is 0.493 e. The average Bonchev–Trinajstić information content (AvgIpc) is 2.54. The van der Waals surface area contributed by atoms with Crippen molar-refractivity contribution in [2.24, 2.45) is 5.92 Å². The zero-order valence-corrected chi connectivity index (χ0v) is 13.2. The molecule has 0 aliphatic carbocycles. The van der Waals surface area contributed by atoms with Gasteiger partial charge in [0.15, 0.2) is 0 Å². The van der Waals surface area contributed by atoms with E-state index in [9.17, 15) is 0 Å². The summed E-state index contributed by atoms with van der Waals surface area (Å²) in [5.41, 5.74) is 3.02. The normalized spacial score (nSPS) is 10.5. The fraction of sp³-hybridized carbons (Fsp3) is 0.316. The molecule has 2 aromatic rings. The van der Waals surface area contributed by atoms with E-state index in [4.69, 9.17) is 10.00 Å². The summed E-state index contributed by atoms with van der Waals surface area (Å²) in [6.45, 7) is 6.54. The van der Waals surface area contributed by atoms with Crippen molar-refractivity contribution in [1.82, 2.24) is 5.32 Å². The van der Waals surface area contributed by atoms with Crippen LogP contribution in [-0.2, 0) is 13.1 Å². The Morgan fingerprint density at radius 2 is 1.77 bits per heavy atom. The predicted molar refractivity (Wildman–Crippen MR) is 88.5 cm³/mol. The summed E-state index contributed by atoms with van der Waals surface area (Å²) in [5.74, 6) is 1.46. The molecule has 0 aliphatic rings. The Morgan fingerprint density at radius 3 is 2.45 bits per heavy atom. The Balaban J connectivity index is 1.89. The molecule has 3 nitrogen and oxygen atoms in total. The molecule has 2 aromatic carbocycles. The highest BCUT2D eigenvalue weighted by molar-refractivity contribution is 5.34. The number of rotatable bonds is 7. The molecule has 0 amide bonds. The number of hydrogen-bond acceptors (Lipinski definition) is 3. The molecular weight excluding hydrogens is 272 g/mol. The molecule has 0 saturated heterocycles. The Labute approximate surface area is 132 Å². The van der Waals surface area contributed by atoms with Gasteiger partial charge in [0.1, 0.15) is 5.75 Å². The quantitative estimate of drug-likeness (QED) is 0.842. The number of nitrogens with one attached hydrogen (secondary N) is 1. The Bertz CT molecular complexity index is 627. The fourth-order valence-corrected chi connectivity index (χ4v) is 2.09. The van der Waals surface area contributed by atoms with Crippen molar-refractivity contribution in [3.63, 3.8) is 0 Å². The summed E-state index contributed by atoms with van der Waals surface area (Å²) in [6.07, 6.45) is 0. The van der Waals surface area contributed by atoms with Crippen LogP contribution in [0.1, 0.15) is 30.5 Å². The summed E-state index contributed by atoms with van der Waals surface area (Å²) in [6, 6.07) is 17.9. The van der Waals surface area contributed by atoms with E-state index in [0.29, 0.717) is 11.5 Å². The van der Waals surface area contributed by atoms with Gasteiger partial charge in [0.05, 0.1) is 18.2 Å². The smallest absolute Gasteiger partial charge is 0.123 e. The van der Waals surface area contributed by atoms with E-state index < -0.39 is 0 Å². The summed E-state index contributed by atoms with van der Waals surface area (Å²) in [5, 5.41) is 12.2. The van der Waals surface area contributed by atoms with E-state index in [0.717, 1.165) is 31.0 Å². The van der Waals surface area contributed by atoms with Gasteiger partial charge in [-0.3, -0.25) is 0 Å². The molecule has 114 valence electrons. The van der Waals surface area contributed by atoms with Gasteiger partial charge in [-0.25, -0.2) is 0 Å². The minimum atomic E-state index is 0.514. The van der Waals surface area contributed by atoms with Crippen molar-refractivity contribution in [2.45, 2.75) is 26.9 Å². The molecular formula is C19H22N2O. The monoisotopic (exact) mass is 294 g/mol. The average molecular weight is 294 g/mol. The lowest BCUT2D eigenvalue weighted by Crippen LogP contribution is -2.14. The van der Waals surface area contributed by atoms with Crippen LogP contribution in [0, 0.1) is 17.2 Å². The number of nitriles is 1. The maximum absolute atomic E-state index is 8.79. The minimum absolute atomic E-state index is 0.514. The van der Waals surface area contributed by atoms with Crippen LogP contribution in [0.4, 0.5) is 0 Å². The second-order valence-electron chi connectivity index (χ2n) is 5.72. The Kier molecular flexibility index (Phi) is 6.00. The SMILES string of the molecule is CC(C)COc1ccccc1CNCc1ccc(C#N)cc1. The first-order chi connectivity index (χ1) is 10.7. The van der Waals surface area contributed by atoms with Gasteiger partial charge in [-0.1, -0.05) is 44.2 Å². The van der Waals surface area contributed by atoms with Crippen LogP contribution in [0.15, 0.2) is 48.5 Å². The molecule has 22 heavy (non-hydrogen) atoms. The first-order valence-electron chi connectivity index (χ1n) is 7.59. The van der Waals surface area contributed by atoms with Crippen molar-refractivity contribution in [3.8, 4) is 11.8 Å². The molecule has 3 heteroatoms. The second-order valence-corrected chi connectivity index (χ2v) is 5.72. The molecule has 1 N–H and O–H groups in total. The first kappa shape index (κ1) is 16.1. The van der Waals surface area contributed by atoms with Gasteiger partial charge in [0, 0.05) is 18.7 Å². The first-order valence-corrected chi connectivity index (χ1v) is 7.59. The van der Waals surface area contributed by atoms with E-state index in [1.165, 1.54) is 5.56 Å². The van der Waals surface area contributed by atoms with Crippen LogP contribution >= 0.6 is 0 Å². The van der Waals surface area contributed by atoms with Gasteiger partial charge in [-0.15, -0.1) is 0 Å². The van der Waals surface area contributed by atoms with Crippen LogP contribution in [-0.4, -0.2) is 6.61 Å². The maximum Gasteiger partial charge on any atom is 0.123 e. The number of ether oxygens (including phenoxy) is 1. The van der Waals surface area contributed by atoms with E-state index in [1.54, 1.807) is 0 Å². The number of nitrogens with zero attached hydrogens (tertiary/aromatic N) is 1. The standard InChI is InChI=1S/C19H22N2O/c1-15(2)14-22-19-6-4-3-5-18(19)13-21-12-17-9-7-16(11-20)8-10-17/h3-10,15,21H,12-14H2,1-2H3. The highest BCUT2D eigenvalue weighted by Gasteiger charge is 2.04. The van der Waals surface area contributed by atoms with E-state index in [1.807, 2.05) is 42.5 Å². The zero-order chi connectivity index (χ0) is 15.8. The van der Waals surface area contributed by atoms with Crippen LogP contribution in [0.2, 0.25) is 0 Å². The molecule has 0 unspecified atom stereocenters. The Hall–Kier alpha value is -2.31. The third-order valence-electron chi connectivity index (χ3n) is 3.27. The third-order valence-corrected chi connectivity index (χ3v) is 3.27. The highest BCUT2D eigenvalue weighted by Crippen LogP contribution is 2.18. The van der Waals surface area contributed by atoms with Crippen LogP contribution in [0.5, 0.6) is 5.75 Å². The fourth-order valence-electron chi connectivity index (χ4n) is 2.09. The van der Waals surface area contributed by atoms with Gasteiger partial charge in [-0.2, -0.15) is 5.26 Å². The molecule has 0 aromatic heterocycles. The summed E-state index contributed by atoms with van der Waals surface area (Å²) in [7, 11) is 0. The third kappa shape index (κ3) is 4.91. The van der Waals surface area contributed by atoms with Gasteiger partial charge >= 0.3 is 0 Å². The summed E-state index contributed by atoms with van der Waals surface area (Å²) in [4.78, 5) is 0. The van der Waals surface area contributed by atoms with Crippen molar-refractivity contribution in [1.29, 1.82) is 5.26 Å². The molecule has 0 heterocycles. The van der Waals surface area contributed by atoms with Crippen LogP contribution in [0.25, 0.3) is 0 Å². The molecule has 0 radical (unpaired) electrons. The van der Waals surface area contributed by atoms with Gasteiger partial charge in [0.2, 0.25) is 0 Å². The van der Waals surface area contributed by atoms with Gasteiger partial charge in [0.25, 0.3) is 0 Å². The molecule has 0 bridgehead atoms. The van der Waals surface area contributed by atoms with E-state index in [2.05, 4.69) is 31.3 Å². The Morgan fingerprint density at radius 1 is 1.05 bits per heavy atom. The molecule has 2 rings (SSSR count). The molecule has 0 spiro atoms. The molecule has 0 saturated carbocycles. The zero-order valence-electron chi connectivity index (χ0n) is 13.2. The van der Waals surface area contributed by atoms with Crippen LogP contribution < -0.4 is 10.1 Å².